The van der Waals surface area contributed by atoms with Gasteiger partial charge in [-0.2, -0.15) is 13.5 Å². The van der Waals surface area contributed by atoms with Crippen LogP contribution in [0.4, 0.5) is 10.9 Å². The maximum absolute atomic E-state index is 13.7. The van der Waals surface area contributed by atoms with Gasteiger partial charge in [-0.05, 0) is 128 Å². The number of aromatic carboxylic acids is 1. The summed E-state index contributed by atoms with van der Waals surface area (Å²) in [6, 6.07) is 17.1. The molecule has 4 heterocycles. The fourth-order valence-corrected chi connectivity index (χ4v) is 16.6. The molecule has 5 aliphatic rings. The maximum atomic E-state index is 13.7. The van der Waals surface area contributed by atoms with E-state index in [1.165, 1.54) is 16.2 Å². The van der Waals surface area contributed by atoms with Crippen LogP contribution in [0.15, 0.2) is 72.8 Å². The lowest BCUT2D eigenvalue weighted by molar-refractivity contribution is -0.158. The van der Waals surface area contributed by atoms with Crippen LogP contribution in [0, 0.1) is 28.6 Å². The number of rotatable bonds is 21. The number of anilines is 2. The summed E-state index contributed by atoms with van der Waals surface area (Å²) in [4.78, 5) is 53.0. The number of pyridine rings is 1. The molecule has 388 valence electrons. The lowest BCUT2D eigenvalue weighted by Gasteiger charge is -2.64. The van der Waals surface area contributed by atoms with E-state index in [-0.39, 0.29) is 71.0 Å². The van der Waals surface area contributed by atoms with E-state index in [1.54, 1.807) is 12.3 Å². The number of benzene rings is 2. The average molecular weight is 1050 g/mol. The SMILES string of the molecule is C=CS(=O)(=O)CCCCCC(=O)N(CCOC12CC3(Cn4ncc(-c5ccc(N6CCc7cccc(C(=O)Nc8nc9ccccc9s8)c7C6)nc5C(=O)O)c4C)CC4(C)CC(C)(C1)C4(C3)C2)CCS(=O)(=O)O. The minimum Gasteiger partial charge on any atom is -0.476 e. The van der Waals surface area contributed by atoms with Crippen molar-refractivity contribution in [2.45, 2.75) is 110 Å². The fraction of sp³-hybridized carbons (Fsp3) is 0.509. The quantitative estimate of drug-likeness (QED) is 0.0463. The Labute approximate surface area is 430 Å². The summed E-state index contributed by atoms with van der Waals surface area (Å²) in [5.41, 5.74) is 4.70. The number of ether oxygens (including phenoxy) is 1. The van der Waals surface area contributed by atoms with Crippen molar-refractivity contribution in [3.05, 3.63) is 101 Å². The molecule has 3 aromatic heterocycles. The molecular weight excluding hydrogens is 991 g/mol. The van der Waals surface area contributed by atoms with E-state index in [1.807, 2.05) is 65.0 Å². The maximum Gasteiger partial charge on any atom is 0.355 e. The molecule has 3 N–H and O–H groups in total. The van der Waals surface area contributed by atoms with E-state index in [0.717, 1.165) is 71.0 Å². The predicted octanol–water partition coefficient (Wildman–Crippen LogP) is 8.35. The molecule has 2 amide bonds. The molecule has 4 aliphatic carbocycles. The normalized spacial score (nSPS) is 25.8. The second kappa shape index (κ2) is 18.7. The molecule has 3 bridgehead atoms. The number of hydrogen-bond donors (Lipinski definition) is 3. The first-order valence-corrected chi connectivity index (χ1v) is 29.2. The zero-order chi connectivity index (χ0) is 51.8. The van der Waals surface area contributed by atoms with Gasteiger partial charge in [0.2, 0.25) is 5.91 Å². The number of para-hydroxylation sites is 1. The Kier molecular flexibility index (Phi) is 13.0. The summed E-state index contributed by atoms with van der Waals surface area (Å²) in [5, 5.41) is 20.0. The van der Waals surface area contributed by atoms with Crippen molar-refractivity contribution >= 4 is 70.2 Å². The molecule has 17 nitrogen and oxygen atoms in total. The van der Waals surface area contributed by atoms with Gasteiger partial charge in [0.05, 0.1) is 40.1 Å². The van der Waals surface area contributed by atoms with Crippen molar-refractivity contribution in [2.75, 3.05) is 48.0 Å². The number of nitrogens with one attached hydrogen (secondary N) is 1. The third kappa shape index (κ3) is 9.50. The van der Waals surface area contributed by atoms with Crippen LogP contribution in [0.25, 0.3) is 21.3 Å². The second-order valence-electron chi connectivity index (χ2n) is 22.0. The average Bonchev–Trinajstić information content (AvgIpc) is 3.99. The minimum atomic E-state index is -4.34. The van der Waals surface area contributed by atoms with Crippen LogP contribution in [0.3, 0.4) is 0 Å². The highest BCUT2D eigenvalue weighted by Crippen LogP contribution is 2.89. The van der Waals surface area contributed by atoms with Gasteiger partial charge in [0.25, 0.3) is 16.0 Å². The largest absolute Gasteiger partial charge is 0.476 e. The van der Waals surface area contributed by atoms with Gasteiger partial charge in [0.1, 0.15) is 5.82 Å². The monoisotopic (exact) mass is 1050 g/mol. The standard InChI is InChI=1S/C53H63N7O10S3/c1-5-72(65,66)24-10-6-7-16-44(61)58(22-25-73(67,68)69)21-23-70-52-30-50(4)28-49(3)29-51(31-52,32-53(49,50)33-52)34-60-35(2)39(26-54-60)37-17-18-43(56-45(37)47(63)64)59-20-19-36-12-11-13-38(40(36)27-59)46(62)57-48-55-41-14-8-9-15-42(41)71-48/h5,8-9,11-15,17-18,26H,1,6-7,10,16,19-25,27-34H2,2-4H3,(H,63,64)(H,55,57,62)(H,67,68,69). The van der Waals surface area contributed by atoms with Crippen molar-refractivity contribution in [2.24, 2.45) is 21.7 Å². The van der Waals surface area contributed by atoms with Crippen molar-refractivity contribution in [1.82, 2.24) is 24.6 Å². The molecule has 5 aromatic rings. The number of aromatic nitrogens is 4. The topological polar surface area (TPSA) is 231 Å². The summed E-state index contributed by atoms with van der Waals surface area (Å²) in [6.07, 6.45) is 9.41. The Hall–Kier alpha value is -5.54. The number of amides is 2. The molecular formula is C53H63N7O10S3. The number of sulfone groups is 1. The summed E-state index contributed by atoms with van der Waals surface area (Å²) in [7, 11) is -7.68. The molecule has 73 heavy (non-hydrogen) atoms. The van der Waals surface area contributed by atoms with Gasteiger partial charge in [0, 0.05) is 66.9 Å². The van der Waals surface area contributed by atoms with Crippen LogP contribution in [0.2, 0.25) is 0 Å². The number of carbonyl (C=O) groups excluding carboxylic acids is 2. The van der Waals surface area contributed by atoms with Crippen molar-refractivity contribution in [3.63, 3.8) is 0 Å². The first-order valence-electron chi connectivity index (χ1n) is 25.1. The molecule has 10 rings (SSSR count). The number of thiazole rings is 1. The van der Waals surface area contributed by atoms with E-state index in [4.69, 9.17) is 14.8 Å². The van der Waals surface area contributed by atoms with Crippen molar-refractivity contribution in [1.29, 1.82) is 0 Å². The second-order valence-corrected chi connectivity index (χ2v) is 26.7. The fourth-order valence-electron chi connectivity index (χ4n) is 14.5. The molecule has 20 heteroatoms. The first kappa shape index (κ1) is 51.0. The smallest absolute Gasteiger partial charge is 0.355 e. The van der Waals surface area contributed by atoms with Gasteiger partial charge < -0.3 is 19.6 Å². The van der Waals surface area contributed by atoms with Gasteiger partial charge in [-0.25, -0.2) is 23.2 Å². The van der Waals surface area contributed by atoms with Crippen LogP contribution < -0.4 is 10.2 Å². The molecule has 0 saturated heterocycles. The van der Waals surface area contributed by atoms with Crippen LogP contribution in [0.1, 0.15) is 116 Å². The van der Waals surface area contributed by atoms with E-state index in [0.29, 0.717) is 73.0 Å². The van der Waals surface area contributed by atoms with Gasteiger partial charge in [-0.1, -0.05) is 62.4 Å². The molecule has 1 spiro atoms. The number of unbranched alkanes of at least 4 members (excludes halogenated alkanes) is 2. The Balaban J connectivity index is 0.839. The van der Waals surface area contributed by atoms with Gasteiger partial charge in [-0.3, -0.25) is 24.1 Å². The van der Waals surface area contributed by atoms with Crippen LogP contribution in [-0.2, 0) is 49.0 Å². The summed E-state index contributed by atoms with van der Waals surface area (Å²) in [5.74, 6) is -1.86. The van der Waals surface area contributed by atoms with Gasteiger partial charge in [0.15, 0.2) is 20.7 Å². The highest BCUT2D eigenvalue weighted by atomic mass is 32.2. The van der Waals surface area contributed by atoms with E-state index in [9.17, 15) is 40.9 Å². The Morgan fingerprint density at radius 1 is 0.904 bits per heavy atom. The summed E-state index contributed by atoms with van der Waals surface area (Å²) < 4.78 is 66.8. The number of carboxylic acids is 1. The summed E-state index contributed by atoms with van der Waals surface area (Å²) in [6.45, 7) is 11.8. The number of fused-ring (bicyclic) bond motifs is 4. The first-order chi connectivity index (χ1) is 34.6. The lowest BCUT2D eigenvalue weighted by Crippen LogP contribution is -2.57. The highest BCUT2D eigenvalue weighted by Gasteiger charge is 2.84. The molecule has 4 saturated carbocycles. The van der Waals surface area contributed by atoms with Crippen molar-refractivity contribution in [3.8, 4) is 11.1 Å². The van der Waals surface area contributed by atoms with Crippen molar-refractivity contribution < 1.29 is 45.6 Å². The third-order valence-electron chi connectivity index (χ3n) is 17.2. The Morgan fingerprint density at radius 2 is 1.70 bits per heavy atom. The number of nitrogens with zero attached hydrogens (tertiary/aromatic N) is 6. The number of hydrogen-bond acceptors (Lipinski definition) is 13. The lowest BCUT2D eigenvalue weighted by atomic mass is 9.40. The minimum absolute atomic E-state index is 0.0495. The third-order valence-corrected chi connectivity index (χ3v) is 20.2. The molecule has 0 radical (unpaired) electrons. The zero-order valence-corrected chi connectivity index (χ0v) is 44.0. The van der Waals surface area contributed by atoms with E-state index >= 15 is 0 Å². The molecule has 2 aromatic carbocycles. The van der Waals surface area contributed by atoms with E-state index < -0.39 is 37.3 Å². The van der Waals surface area contributed by atoms with Crippen LogP contribution >= 0.6 is 11.3 Å². The van der Waals surface area contributed by atoms with E-state index in [2.05, 4.69) is 30.7 Å². The van der Waals surface area contributed by atoms with Crippen LogP contribution in [0.5, 0.6) is 0 Å². The molecule has 1 aliphatic heterocycles. The Bertz CT molecular complexity index is 3250. The van der Waals surface area contributed by atoms with Gasteiger partial charge in [-0.15, -0.1) is 0 Å². The predicted molar refractivity (Wildman–Crippen MR) is 279 cm³/mol. The van der Waals surface area contributed by atoms with Gasteiger partial charge >= 0.3 is 5.97 Å². The highest BCUT2D eigenvalue weighted by molar-refractivity contribution is 7.94. The zero-order valence-electron chi connectivity index (χ0n) is 41.6. The van der Waals surface area contributed by atoms with Crippen LogP contribution in [-0.4, -0.2) is 112 Å². The number of carboxylic acid groups (broad SMARTS) is 1. The number of carbonyl (C=O) groups is 3. The summed E-state index contributed by atoms with van der Waals surface area (Å²) >= 11 is 1.41. The molecule has 5 unspecified atom stereocenters. The molecule has 4 fully saturated rings. The Morgan fingerprint density at radius 3 is 2.47 bits per heavy atom. The molecule has 5 atom stereocenters.